The van der Waals surface area contributed by atoms with Gasteiger partial charge in [-0.2, -0.15) is 8.42 Å². The Morgan fingerprint density at radius 1 is 0.742 bits per heavy atom. The number of para-hydroxylation sites is 2. The molecule has 0 unspecified atom stereocenters. The summed E-state index contributed by atoms with van der Waals surface area (Å²) < 4.78 is 31.2. The zero-order valence-electron chi connectivity index (χ0n) is 15.6. The van der Waals surface area contributed by atoms with Gasteiger partial charge in [-0.25, -0.2) is 24.7 Å². The first kappa shape index (κ1) is 19.6. The third kappa shape index (κ3) is 4.25. The van der Waals surface area contributed by atoms with E-state index in [4.69, 9.17) is 0 Å². The van der Waals surface area contributed by atoms with E-state index < -0.39 is 10.2 Å². The van der Waals surface area contributed by atoms with E-state index in [1.165, 1.54) is 35.1 Å². The van der Waals surface area contributed by atoms with Crippen molar-refractivity contribution in [2.75, 3.05) is 15.6 Å². The Morgan fingerprint density at radius 3 is 1.77 bits per heavy atom. The van der Waals surface area contributed by atoms with Gasteiger partial charge in [-0.15, -0.1) is 0 Å². The van der Waals surface area contributed by atoms with Crippen LogP contribution in [0.2, 0.25) is 0 Å². The van der Waals surface area contributed by atoms with Gasteiger partial charge in [0.25, 0.3) is 0 Å². The molecule has 0 saturated carbocycles. The second kappa shape index (κ2) is 8.03. The summed E-state index contributed by atoms with van der Waals surface area (Å²) in [4.78, 5) is 16.7. The van der Waals surface area contributed by atoms with E-state index in [9.17, 15) is 8.42 Å². The lowest BCUT2D eigenvalue weighted by atomic mass is 10.3. The molecule has 2 aromatic carbocycles. The highest BCUT2D eigenvalue weighted by Crippen LogP contribution is 2.29. The third-order valence-corrected chi connectivity index (χ3v) is 6.99. The van der Waals surface area contributed by atoms with Crippen LogP contribution in [0.25, 0.3) is 20.4 Å². The zero-order valence-corrected chi connectivity index (χ0v) is 18.1. The number of rotatable bonds is 7. The fourth-order valence-electron chi connectivity index (χ4n) is 2.67. The van der Waals surface area contributed by atoms with Gasteiger partial charge in [0.15, 0.2) is 0 Å². The van der Waals surface area contributed by atoms with Crippen LogP contribution in [0, 0.1) is 0 Å². The van der Waals surface area contributed by atoms with Crippen molar-refractivity contribution < 1.29 is 8.42 Å². The topological polar surface area (TPSA) is 125 Å². The van der Waals surface area contributed by atoms with Crippen molar-refractivity contribution in [3.63, 3.8) is 0 Å². The standard InChI is InChI=1S/C18H14N8O2S3/c27-31(28,25-16-19-10-5-11-20-16)26(23-17-21-12-6-1-3-8-14(12)29-17)24-18-22-13-7-2-4-9-15(13)30-18/h1-11H,(H,21,23)(H,22,24)(H,19,20,25). The van der Waals surface area contributed by atoms with Crippen LogP contribution < -0.4 is 15.6 Å². The van der Waals surface area contributed by atoms with Gasteiger partial charge in [0, 0.05) is 12.4 Å². The van der Waals surface area contributed by atoms with E-state index in [1.807, 2.05) is 48.5 Å². The number of aromatic nitrogens is 4. The summed E-state index contributed by atoms with van der Waals surface area (Å²) in [7, 11) is -4.18. The molecule has 3 heterocycles. The van der Waals surface area contributed by atoms with Crippen molar-refractivity contribution in [1.82, 2.24) is 24.5 Å². The van der Waals surface area contributed by atoms with Crippen molar-refractivity contribution >= 4 is 69.5 Å². The molecule has 0 aliphatic carbocycles. The molecule has 10 nitrogen and oxygen atoms in total. The molecular weight excluding hydrogens is 456 g/mol. The summed E-state index contributed by atoms with van der Waals surface area (Å²) in [6.07, 6.45) is 2.88. The zero-order chi connectivity index (χ0) is 21.3. The van der Waals surface area contributed by atoms with Crippen LogP contribution in [0.15, 0.2) is 67.0 Å². The Hall–Kier alpha value is -3.39. The molecule has 3 aromatic heterocycles. The number of hydrogen-bond acceptors (Lipinski definition) is 10. The highest BCUT2D eigenvalue weighted by atomic mass is 32.2. The highest BCUT2D eigenvalue weighted by molar-refractivity contribution is 7.90. The van der Waals surface area contributed by atoms with Crippen molar-refractivity contribution in [3.8, 4) is 0 Å². The largest absolute Gasteiger partial charge is 0.339 e. The second-order valence-corrected chi connectivity index (χ2v) is 9.72. The Kier molecular flexibility index (Phi) is 5.07. The molecule has 156 valence electrons. The summed E-state index contributed by atoms with van der Waals surface area (Å²) in [5, 5.41) is 0.767. The fourth-order valence-corrected chi connectivity index (χ4v) is 5.34. The van der Waals surface area contributed by atoms with E-state index in [0.717, 1.165) is 25.0 Å². The molecule has 0 aliphatic heterocycles. The maximum Gasteiger partial charge on any atom is 0.339 e. The molecule has 0 saturated heterocycles. The van der Waals surface area contributed by atoms with Gasteiger partial charge in [-0.05, 0) is 34.9 Å². The number of benzene rings is 2. The number of hydrazine groups is 2. The van der Waals surface area contributed by atoms with E-state index in [0.29, 0.717) is 10.3 Å². The average molecular weight is 471 g/mol. The number of nitrogens with one attached hydrogen (secondary N) is 3. The Morgan fingerprint density at radius 2 is 1.26 bits per heavy atom. The summed E-state index contributed by atoms with van der Waals surface area (Å²) in [5.74, 6) is -0.0651. The molecule has 0 bridgehead atoms. The minimum Gasteiger partial charge on any atom is -0.261 e. The van der Waals surface area contributed by atoms with Crippen LogP contribution in [0.4, 0.5) is 16.2 Å². The van der Waals surface area contributed by atoms with Crippen molar-refractivity contribution in [3.05, 3.63) is 67.0 Å². The first-order valence-corrected chi connectivity index (χ1v) is 12.0. The molecule has 0 amide bonds. The average Bonchev–Trinajstić information content (AvgIpc) is 3.36. The summed E-state index contributed by atoms with van der Waals surface area (Å²) in [5.41, 5.74) is 7.14. The third-order valence-electron chi connectivity index (χ3n) is 4.01. The molecule has 0 spiro atoms. The summed E-state index contributed by atoms with van der Waals surface area (Å²) in [6.45, 7) is 0. The predicted octanol–water partition coefficient (Wildman–Crippen LogP) is 3.71. The van der Waals surface area contributed by atoms with E-state index >= 15 is 0 Å². The van der Waals surface area contributed by atoms with Crippen LogP contribution in [0.5, 0.6) is 0 Å². The number of nitrogens with zero attached hydrogens (tertiary/aromatic N) is 5. The van der Waals surface area contributed by atoms with Crippen LogP contribution >= 0.6 is 22.7 Å². The van der Waals surface area contributed by atoms with E-state index in [2.05, 4.69) is 35.5 Å². The number of hydrogen-bond donors (Lipinski definition) is 3. The molecular formula is C18H14N8O2S3. The predicted molar refractivity (Wildman–Crippen MR) is 123 cm³/mol. The first-order chi connectivity index (χ1) is 15.1. The lowest BCUT2D eigenvalue weighted by Crippen LogP contribution is -2.44. The number of thiazole rings is 2. The van der Waals surface area contributed by atoms with Gasteiger partial charge in [0.1, 0.15) is 0 Å². The van der Waals surface area contributed by atoms with Crippen LogP contribution in [-0.4, -0.2) is 32.9 Å². The highest BCUT2D eigenvalue weighted by Gasteiger charge is 2.26. The van der Waals surface area contributed by atoms with Crippen LogP contribution in [0.1, 0.15) is 0 Å². The van der Waals surface area contributed by atoms with Crippen LogP contribution in [0.3, 0.4) is 0 Å². The molecule has 0 fully saturated rings. The number of fused-ring (bicyclic) bond motifs is 2. The van der Waals surface area contributed by atoms with Crippen molar-refractivity contribution in [2.45, 2.75) is 0 Å². The SMILES string of the molecule is O=S(=O)(Nc1ncccn1)N(Nc1nc2ccccc2s1)Nc1nc2ccccc2s1. The molecule has 3 N–H and O–H groups in total. The van der Waals surface area contributed by atoms with Gasteiger partial charge in [0.05, 0.1) is 20.4 Å². The van der Waals surface area contributed by atoms with Gasteiger partial charge in [-0.1, -0.05) is 46.9 Å². The monoisotopic (exact) mass is 470 g/mol. The van der Waals surface area contributed by atoms with Crippen molar-refractivity contribution in [2.24, 2.45) is 0 Å². The van der Waals surface area contributed by atoms with Gasteiger partial charge >= 0.3 is 10.2 Å². The molecule has 13 heteroatoms. The molecule has 5 aromatic rings. The smallest absolute Gasteiger partial charge is 0.261 e. The minimum atomic E-state index is -4.18. The van der Waals surface area contributed by atoms with Gasteiger partial charge in [0.2, 0.25) is 16.2 Å². The fraction of sp³-hybridized carbons (Fsp3) is 0. The second-order valence-electron chi connectivity index (χ2n) is 6.14. The van der Waals surface area contributed by atoms with E-state index in [-0.39, 0.29) is 5.95 Å². The minimum absolute atomic E-state index is 0.0651. The molecule has 0 atom stereocenters. The first-order valence-electron chi connectivity index (χ1n) is 8.91. The lowest BCUT2D eigenvalue weighted by molar-refractivity contribution is 0.517. The summed E-state index contributed by atoms with van der Waals surface area (Å²) >= 11 is 2.64. The lowest BCUT2D eigenvalue weighted by Gasteiger charge is -2.22. The molecule has 5 rings (SSSR count). The Balaban J connectivity index is 1.48. The Labute approximate surface area is 184 Å². The maximum atomic E-state index is 13.1. The van der Waals surface area contributed by atoms with Gasteiger partial charge in [-0.3, -0.25) is 10.9 Å². The van der Waals surface area contributed by atoms with Crippen LogP contribution in [-0.2, 0) is 10.2 Å². The van der Waals surface area contributed by atoms with E-state index in [1.54, 1.807) is 6.07 Å². The quantitative estimate of drug-likeness (QED) is 0.308. The summed E-state index contributed by atoms with van der Waals surface area (Å²) in [6, 6.07) is 16.6. The molecule has 0 aliphatic rings. The Bertz CT molecular complexity index is 1310. The molecule has 31 heavy (non-hydrogen) atoms. The van der Waals surface area contributed by atoms with Gasteiger partial charge < -0.3 is 0 Å². The van der Waals surface area contributed by atoms with Crippen molar-refractivity contribution in [1.29, 1.82) is 0 Å². The molecule has 0 radical (unpaired) electrons. The normalized spacial score (nSPS) is 11.8. The number of anilines is 3. The maximum absolute atomic E-state index is 13.1.